The van der Waals surface area contributed by atoms with E-state index in [1.807, 2.05) is 13.8 Å². The number of carboxylic acids is 1. The van der Waals surface area contributed by atoms with E-state index in [1.54, 1.807) is 24.3 Å². The maximum Gasteiger partial charge on any atom is 0.337 e. The lowest BCUT2D eigenvalue weighted by Gasteiger charge is -2.18. The van der Waals surface area contributed by atoms with Crippen molar-refractivity contribution in [3.63, 3.8) is 0 Å². The third-order valence-electron chi connectivity index (χ3n) is 2.52. The van der Waals surface area contributed by atoms with E-state index in [0.29, 0.717) is 11.3 Å². The molecule has 20 heavy (non-hydrogen) atoms. The number of ether oxygens (including phenoxy) is 1. The van der Waals surface area contributed by atoms with E-state index >= 15 is 0 Å². The molecule has 6 heteroatoms. The lowest BCUT2D eigenvalue weighted by Crippen LogP contribution is -2.46. The van der Waals surface area contributed by atoms with Gasteiger partial charge in [-0.25, -0.2) is 4.79 Å². The average molecular weight is 281 g/mol. The number of aliphatic carboxylic acids is 1. The second kappa shape index (κ2) is 6.38. The fourth-order valence-electron chi connectivity index (χ4n) is 1.41. The van der Waals surface area contributed by atoms with Crippen molar-refractivity contribution in [1.29, 1.82) is 0 Å². The second-order valence-corrected chi connectivity index (χ2v) is 4.96. The minimum Gasteiger partial charge on any atom is -0.491 e. The molecule has 0 aliphatic rings. The standard InChI is InChI=1S/C14H19NO5/c1-9(2)20-11-6-4-5-10(7-11)12(16)15-8-14(3,19)13(17)18/h4-7,9,19H,8H2,1-3H3,(H,15,16)(H,17,18). The largest absolute Gasteiger partial charge is 0.491 e. The van der Waals surface area contributed by atoms with Gasteiger partial charge in [0.2, 0.25) is 0 Å². The number of rotatable bonds is 6. The van der Waals surface area contributed by atoms with E-state index in [-0.39, 0.29) is 12.6 Å². The molecular weight excluding hydrogens is 262 g/mol. The average Bonchev–Trinajstić information content (AvgIpc) is 2.35. The Morgan fingerprint density at radius 1 is 1.40 bits per heavy atom. The Hall–Kier alpha value is -2.08. The van der Waals surface area contributed by atoms with Gasteiger partial charge in [0.1, 0.15) is 5.75 Å². The molecule has 1 amide bonds. The molecule has 0 heterocycles. The molecule has 3 N–H and O–H groups in total. The van der Waals surface area contributed by atoms with Crippen LogP contribution >= 0.6 is 0 Å². The lowest BCUT2D eigenvalue weighted by molar-refractivity contribution is -0.155. The molecule has 0 aromatic heterocycles. The zero-order valence-electron chi connectivity index (χ0n) is 11.7. The summed E-state index contributed by atoms with van der Waals surface area (Å²) in [4.78, 5) is 22.6. The molecule has 0 aliphatic heterocycles. The molecule has 0 saturated carbocycles. The monoisotopic (exact) mass is 281 g/mol. The van der Waals surface area contributed by atoms with Gasteiger partial charge in [-0.15, -0.1) is 0 Å². The third kappa shape index (κ3) is 4.55. The van der Waals surface area contributed by atoms with Crippen molar-refractivity contribution in [2.45, 2.75) is 32.5 Å². The number of benzene rings is 1. The summed E-state index contributed by atoms with van der Waals surface area (Å²) in [6, 6.07) is 6.54. The van der Waals surface area contributed by atoms with Gasteiger partial charge in [0.25, 0.3) is 5.91 Å². The van der Waals surface area contributed by atoms with Crippen LogP contribution in [0, 0.1) is 0 Å². The molecule has 0 bridgehead atoms. The number of carboxylic acid groups (broad SMARTS) is 1. The summed E-state index contributed by atoms with van der Waals surface area (Å²) in [5, 5.41) is 20.6. The summed E-state index contributed by atoms with van der Waals surface area (Å²) < 4.78 is 5.47. The lowest BCUT2D eigenvalue weighted by atomic mass is 10.1. The molecule has 1 rings (SSSR count). The van der Waals surface area contributed by atoms with Crippen LogP contribution in [0.3, 0.4) is 0 Å². The topological polar surface area (TPSA) is 95.9 Å². The van der Waals surface area contributed by atoms with Gasteiger partial charge in [-0.2, -0.15) is 0 Å². The van der Waals surface area contributed by atoms with Crippen molar-refractivity contribution in [1.82, 2.24) is 5.32 Å². The van der Waals surface area contributed by atoms with Crippen LogP contribution in [0.2, 0.25) is 0 Å². The van der Waals surface area contributed by atoms with Gasteiger partial charge in [0, 0.05) is 5.56 Å². The van der Waals surface area contributed by atoms with Crippen LogP contribution < -0.4 is 10.1 Å². The van der Waals surface area contributed by atoms with Gasteiger partial charge in [0.15, 0.2) is 5.60 Å². The highest BCUT2D eigenvalue weighted by Gasteiger charge is 2.30. The summed E-state index contributed by atoms with van der Waals surface area (Å²) in [5.74, 6) is -1.31. The number of carbonyl (C=O) groups is 2. The van der Waals surface area contributed by atoms with E-state index in [9.17, 15) is 14.7 Å². The van der Waals surface area contributed by atoms with Crippen molar-refractivity contribution < 1.29 is 24.5 Å². The first-order chi connectivity index (χ1) is 9.22. The molecule has 1 atom stereocenters. The Morgan fingerprint density at radius 2 is 2.05 bits per heavy atom. The molecular formula is C14H19NO5. The van der Waals surface area contributed by atoms with Crippen molar-refractivity contribution in [3.05, 3.63) is 29.8 Å². The van der Waals surface area contributed by atoms with Crippen molar-refractivity contribution in [2.24, 2.45) is 0 Å². The van der Waals surface area contributed by atoms with E-state index in [2.05, 4.69) is 5.32 Å². The number of hydrogen-bond acceptors (Lipinski definition) is 4. The second-order valence-electron chi connectivity index (χ2n) is 4.96. The summed E-state index contributed by atoms with van der Waals surface area (Å²) in [6.07, 6.45) is -0.0129. The first-order valence-electron chi connectivity index (χ1n) is 6.23. The molecule has 0 saturated heterocycles. The van der Waals surface area contributed by atoms with Gasteiger partial charge in [0.05, 0.1) is 12.6 Å². The Labute approximate surface area is 117 Å². The molecule has 6 nitrogen and oxygen atoms in total. The van der Waals surface area contributed by atoms with Gasteiger partial charge in [-0.3, -0.25) is 4.79 Å². The Kier molecular flexibility index (Phi) is 5.10. The number of nitrogens with one attached hydrogen (secondary N) is 1. The fourth-order valence-corrected chi connectivity index (χ4v) is 1.41. The predicted molar refractivity (Wildman–Crippen MR) is 72.8 cm³/mol. The van der Waals surface area contributed by atoms with Crippen molar-refractivity contribution >= 4 is 11.9 Å². The number of amides is 1. The number of hydrogen-bond donors (Lipinski definition) is 3. The maximum atomic E-state index is 11.9. The molecule has 0 aliphatic carbocycles. The van der Waals surface area contributed by atoms with Gasteiger partial charge >= 0.3 is 5.97 Å². The van der Waals surface area contributed by atoms with Crippen molar-refractivity contribution in [3.8, 4) is 5.75 Å². The van der Waals surface area contributed by atoms with E-state index in [1.165, 1.54) is 0 Å². The molecule has 110 valence electrons. The Balaban J connectivity index is 2.71. The Bertz CT molecular complexity index is 496. The van der Waals surface area contributed by atoms with Gasteiger partial charge in [-0.05, 0) is 39.0 Å². The minimum atomic E-state index is -2.00. The SMILES string of the molecule is CC(C)Oc1cccc(C(=O)NCC(C)(O)C(=O)O)c1. The van der Waals surface area contributed by atoms with Crippen LogP contribution in [-0.2, 0) is 4.79 Å². The minimum absolute atomic E-state index is 0.0129. The highest BCUT2D eigenvalue weighted by atomic mass is 16.5. The van der Waals surface area contributed by atoms with E-state index in [4.69, 9.17) is 9.84 Å². The van der Waals surface area contributed by atoms with Crippen LogP contribution in [0.5, 0.6) is 5.75 Å². The highest BCUT2D eigenvalue weighted by molar-refractivity contribution is 5.95. The number of carbonyl (C=O) groups excluding carboxylic acids is 1. The van der Waals surface area contributed by atoms with Crippen LogP contribution in [0.1, 0.15) is 31.1 Å². The maximum absolute atomic E-state index is 11.9. The predicted octanol–water partition coefficient (Wildman–Crippen LogP) is 1.04. The molecule has 1 aromatic rings. The van der Waals surface area contributed by atoms with Gasteiger partial charge < -0.3 is 20.3 Å². The van der Waals surface area contributed by atoms with Crippen LogP contribution in [0.25, 0.3) is 0 Å². The molecule has 0 fully saturated rings. The van der Waals surface area contributed by atoms with Crippen LogP contribution in [0.15, 0.2) is 24.3 Å². The summed E-state index contributed by atoms with van der Waals surface area (Å²) in [6.45, 7) is 4.48. The zero-order valence-corrected chi connectivity index (χ0v) is 11.7. The van der Waals surface area contributed by atoms with E-state index in [0.717, 1.165) is 6.92 Å². The van der Waals surface area contributed by atoms with Gasteiger partial charge in [-0.1, -0.05) is 6.07 Å². The van der Waals surface area contributed by atoms with Crippen LogP contribution in [-0.4, -0.2) is 40.3 Å². The zero-order chi connectivity index (χ0) is 15.3. The quantitative estimate of drug-likeness (QED) is 0.724. The third-order valence-corrected chi connectivity index (χ3v) is 2.52. The number of aliphatic hydroxyl groups is 1. The Morgan fingerprint density at radius 3 is 2.60 bits per heavy atom. The smallest absolute Gasteiger partial charge is 0.337 e. The molecule has 1 aromatic carbocycles. The fraction of sp³-hybridized carbons (Fsp3) is 0.429. The molecule has 0 spiro atoms. The summed E-state index contributed by atoms with van der Waals surface area (Å²) in [5.41, 5.74) is -1.66. The normalized spacial score (nSPS) is 13.7. The summed E-state index contributed by atoms with van der Waals surface area (Å²) in [7, 11) is 0. The first kappa shape index (κ1) is 16.0. The van der Waals surface area contributed by atoms with E-state index < -0.39 is 17.5 Å². The van der Waals surface area contributed by atoms with Crippen molar-refractivity contribution in [2.75, 3.05) is 6.54 Å². The summed E-state index contributed by atoms with van der Waals surface area (Å²) >= 11 is 0. The van der Waals surface area contributed by atoms with Crippen LogP contribution in [0.4, 0.5) is 0 Å². The first-order valence-corrected chi connectivity index (χ1v) is 6.23. The molecule has 0 radical (unpaired) electrons. The highest BCUT2D eigenvalue weighted by Crippen LogP contribution is 2.15. The molecule has 1 unspecified atom stereocenters.